The average molecular weight is 518 g/mol. The fourth-order valence-corrected chi connectivity index (χ4v) is 3.91. The van der Waals surface area contributed by atoms with Crippen molar-refractivity contribution in [3.63, 3.8) is 0 Å². The predicted molar refractivity (Wildman–Crippen MR) is 135 cm³/mol. The molecule has 0 fully saturated rings. The van der Waals surface area contributed by atoms with Gasteiger partial charge in [0.25, 0.3) is 0 Å². The van der Waals surface area contributed by atoms with E-state index in [-0.39, 0.29) is 25.7 Å². The summed E-state index contributed by atoms with van der Waals surface area (Å²) in [7, 11) is 0. The lowest BCUT2D eigenvalue weighted by Gasteiger charge is -2.14. The third kappa shape index (κ3) is 10.1. The second-order valence-electron chi connectivity index (χ2n) is 8.15. The van der Waals surface area contributed by atoms with E-state index in [4.69, 9.17) is 33.5 Å². The molecular formula is C27H35NO9. The highest BCUT2D eigenvalue weighted by atomic mass is 16.6. The first-order valence-electron chi connectivity index (χ1n) is 12.4. The van der Waals surface area contributed by atoms with Gasteiger partial charge in [0.05, 0.1) is 59.5 Å². The van der Waals surface area contributed by atoms with Gasteiger partial charge in [-0.15, -0.1) is 0 Å². The molecule has 0 radical (unpaired) electrons. The van der Waals surface area contributed by atoms with Gasteiger partial charge < -0.3 is 38.8 Å². The summed E-state index contributed by atoms with van der Waals surface area (Å²) in [5.41, 5.74) is 4.75. The van der Waals surface area contributed by atoms with Crippen LogP contribution in [0.15, 0.2) is 48.5 Å². The number of hydrogen-bond acceptors (Lipinski definition) is 8. The topological polar surface area (TPSA) is 122 Å². The Morgan fingerprint density at radius 2 is 1.14 bits per heavy atom. The molecule has 0 aromatic heterocycles. The Hall–Kier alpha value is -3.02. The fraction of sp³-hybridized carbons (Fsp3) is 0.481. The standard InChI is InChI=1S/C27H35NO9/c29-26(30)20-36-18-17-35-16-15-34-14-13-33-12-11-32-10-9-28-27(31)37-19-25-23-7-3-1-5-21(23)22-6-2-4-8-24(22)25/h1-8,25H,9-20H2,(H,28,31)(H,29,30). The minimum atomic E-state index is -1.00. The highest BCUT2D eigenvalue weighted by Gasteiger charge is 2.28. The molecule has 202 valence electrons. The molecule has 37 heavy (non-hydrogen) atoms. The number of nitrogens with one attached hydrogen (secondary N) is 1. The van der Waals surface area contributed by atoms with Crippen LogP contribution in [0.4, 0.5) is 4.79 Å². The third-order valence-corrected chi connectivity index (χ3v) is 5.57. The van der Waals surface area contributed by atoms with Crippen LogP contribution in [0.2, 0.25) is 0 Å². The summed E-state index contributed by atoms with van der Waals surface area (Å²) < 4.78 is 31.8. The summed E-state index contributed by atoms with van der Waals surface area (Å²) >= 11 is 0. The summed E-state index contributed by atoms with van der Waals surface area (Å²) in [5, 5.41) is 11.1. The minimum Gasteiger partial charge on any atom is -0.480 e. The van der Waals surface area contributed by atoms with E-state index in [0.29, 0.717) is 59.4 Å². The number of rotatable bonds is 19. The van der Waals surface area contributed by atoms with Crippen molar-refractivity contribution in [2.45, 2.75) is 5.92 Å². The number of carboxylic acid groups (broad SMARTS) is 1. The summed E-state index contributed by atoms with van der Waals surface area (Å²) in [6, 6.07) is 16.4. The van der Waals surface area contributed by atoms with Crippen molar-refractivity contribution in [1.29, 1.82) is 0 Å². The Labute approximate surface area is 216 Å². The molecule has 0 saturated heterocycles. The van der Waals surface area contributed by atoms with Crippen molar-refractivity contribution >= 4 is 12.1 Å². The molecule has 1 amide bonds. The molecule has 3 rings (SSSR count). The molecule has 2 N–H and O–H groups in total. The highest BCUT2D eigenvalue weighted by Crippen LogP contribution is 2.44. The highest BCUT2D eigenvalue weighted by molar-refractivity contribution is 5.79. The number of carbonyl (C=O) groups excluding carboxylic acids is 1. The van der Waals surface area contributed by atoms with E-state index < -0.39 is 12.1 Å². The van der Waals surface area contributed by atoms with E-state index in [9.17, 15) is 9.59 Å². The van der Waals surface area contributed by atoms with Crippen LogP contribution < -0.4 is 5.32 Å². The van der Waals surface area contributed by atoms with Crippen LogP contribution in [0.5, 0.6) is 0 Å². The van der Waals surface area contributed by atoms with Crippen LogP contribution in [0, 0.1) is 0 Å². The number of carbonyl (C=O) groups is 2. The molecule has 10 heteroatoms. The van der Waals surface area contributed by atoms with Gasteiger partial charge in [-0.05, 0) is 22.3 Å². The van der Waals surface area contributed by atoms with Crippen molar-refractivity contribution in [1.82, 2.24) is 5.32 Å². The average Bonchev–Trinajstić information content (AvgIpc) is 3.22. The molecule has 0 bridgehead atoms. The maximum atomic E-state index is 12.1. The van der Waals surface area contributed by atoms with Crippen LogP contribution in [0.1, 0.15) is 17.0 Å². The number of alkyl carbamates (subject to hydrolysis) is 1. The molecule has 0 aliphatic heterocycles. The molecule has 2 aromatic carbocycles. The van der Waals surface area contributed by atoms with Crippen LogP contribution in [-0.4, -0.2) is 96.4 Å². The van der Waals surface area contributed by atoms with Gasteiger partial charge in [-0.1, -0.05) is 48.5 Å². The SMILES string of the molecule is O=C(O)COCCOCCOCCOCCOCCNC(=O)OCC1c2ccccc2-c2ccccc21. The molecule has 0 atom stereocenters. The predicted octanol–water partition coefficient (Wildman–Crippen LogP) is 2.69. The Morgan fingerprint density at radius 3 is 1.65 bits per heavy atom. The first kappa shape index (κ1) is 28.5. The van der Waals surface area contributed by atoms with Gasteiger partial charge in [-0.3, -0.25) is 0 Å². The molecule has 0 unspecified atom stereocenters. The van der Waals surface area contributed by atoms with Gasteiger partial charge in [0, 0.05) is 12.5 Å². The Morgan fingerprint density at radius 1 is 0.676 bits per heavy atom. The third-order valence-electron chi connectivity index (χ3n) is 5.57. The first-order valence-corrected chi connectivity index (χ1v) is 12.4. The summed E-state index contributed by atoms with van der Waals surface area (Å²) in [6.45, 7) is 3.73. The van der Waals surface area contributed by atoms with E-state index in [1.807, 2.05) is 24.3 Å². The Kier molecular flexibility index (Phi) is 12.9. The van der Waals surface area contributed by atoms with Crippen molar-refractivity contribution in [3.8, 4) is 11.1 Å². The molecule has 0 saturated carbocycles. The van der Waals surface area contributed by atoms with Crippen molar-refractivity contribution in [3.05, 3.63) is 59.7 Å². The van der Waals surface area contributed by atoms with Gasteiger partial charge in [0.2, 0.25) is 0 Å². The number of amides is 1. The van der Waals surface area contributed by atoms with Gasteiger partial charge in [0.15, 0.2) is 0 Å². The lowest BCUT2D eigenvalue weighted by molar-refractivity contribution is -0.142. The normalized spacial score (nSPS) is 12.2. The number of fused-ring (bicyclic) bond motifs is 3. The Balaban J connectivity index is 1.13. The quantitative estimate of drug-likeness (QED) is 0.271. The van der Waals surface area contributed by atoms with Gasteiger partial charge in [0.1, 0.15) is 13.2 Å². The van der Waals surface area contributed by atoms with Crippen LogP contribution in [0.25, 0.3) is 11.1 Å². The van der Waals surface area contributed by atoms with E-state index in [2.05, 4.69) is 29.6 Å². The molecule has 0 heterocycles. The van der Waals surface area contributed by atoms with E-state index in [1.165, 1.54) is 22.3 Å². The number of ether oxygens (including phenoxy) is 6. The largest absolute Gasteiger partial charge is 0.480 e. The second-order valence-corrected chi connectivity index (χ2v) is 8.15. The zero-order chi connectivity index (χ0) is 26.1. The van der Waals surface area contributed by atoms with Crippen LogP contribution in [0.3, 0.4) is 0 Å². The van der Waals surface area contributed by atoms with Gasteiger partial charge in [-0.25, -0.2) is 9.59 Å². The maximum Gasteiger partial charge on any atom is 0.407 e. The van der Waals surface area contributed by atoms with E-state index >= 15 is 0 Å². The van der Waals surface area contributed by atoms with Crippen molar-refractivity contribution in [2.24, 2.45) is 0 Å². The molecule has 1 aliphatic rings. The first-order chi connectivity index (χ1) is 18.2. The number of hydrogen-bond donors (Lipinski definition) is 2. The smallest absolute Gasteiger partial charge is 0.407 e. The van der Waals surface area contributed by atoms with Gasteiger partial charge in [-0.2, -0.15) is 0 Å². The summed E-state index contributed by atoms with van der Waals surface area (Å²) in [6.07, 6.45) is -0.462. The number of aliphatic carboxylic acids is 1. The lowest BCUT2D eigenvalue weighted by Crippen LogP contribution is -2.29. The van der Waals surface area contributed by atoms with Crippen LogP contribution >= 0.6 is 0 Å². The van der Waals surface area contributed by atoms with E-state index in [1.54, 1.807) is 0 Å². The molecule has 0 spiro atoms. The minimum absolute atomic E-state index is 0.0353. The fourth-order valence-electron chi connectivity index (χ4n) is 3.91. The molecule has 10 nitrogen and oxygen atoms in total. The molecule has 1 aliphatic carbocycles. The zero-order valence-electron chi connectivity index (χ0n) is 20.9. The summed E-state index contributed by atoms with van der Waals surface area (Å²) in [4.78, 5) is 22.4. The van der Waals surface area contributed by atoms with E-state index in [0.717, 1.165) is 0 Å². The monoisotopic (exact) mass is 517 g/mol. The summed E-state index contributed by atoms with van der Waals surface area (Å²) in [5.74, 6) is -0.966. The second kappa shape index (κ2) is 16.7. The van der Waals surface area contributed by atoms with Crippen LogP contribution in [-0.2, 0) is 33.2 Å². The lowest BCUT2D eigenvalue weighted by atomic mass is 9.98. The van der Waals surface area contributed by atoms with Gasteiger partial charge >= 0.3 is 12.1 Å². The zero-order valence-corrected chi connectivity index (χ0v) is 20.9. The Bertz CT molecular complexity index is 923. The van der Waals surface area contributed by atoms with Crippen molar-refractivity contribution in [2.75, 3.05) is 79.2 Å². The number of benzene rings is 2. The number of carboxylic acids is 1. The molecular weight excluding hydrogens is 482 g/mol. The molecule has 2 aromatic rings. The van der Waals surface area contributed by atoms with Crippen molar-refractivity contribution < 1.29 is 43.1 Å². The maximum absolute atomic E-state index is 12.1.